The van der Waals surface area contributed by atoms with Crippen molar-refractivity contribution in [3.05, 3.63) is 29.8 Å². The Labute approximate surface area is 126 Å². The van der Waals surface area contributed by atoms with E-state index in [0.717, 1.165) is 17.7 Å². The molecule has 116 valence electrons. The van der Waals surface area contributed by atoms with Crippen LogP contribution in [0.3, 0.4) is 0 Å². The van der Waals surface area contributed by atoms with Gasteiger partial charge in [-0.15, -0.1) is 0 Å². The van der Waals surface area contributed by atoms with Crippen molar-refractivity contribution in [2.45, 2.75) is 45.6 Å². The summed E-state index contributed by atoms with van der Waals surface area (Å²) in [5, 5.41) is 5.63. The highest BCUT2D eigenvalue weighted by molar-refractivity contribution is 5.79. The number of carbonyl (C=O) groups is 2. The van der Waals surface area contributed by atoms with Crippen molar-refractivity contribution >= 4 is 17.5 Å². The van der Waals surface area contributed by atoms with Crippen LogP contribution in [0.15, 0.2) is 24.3 Å². The molecule has 4 N–H and O–H groups in total. The maximum atomic E-state index is 11.7. The quantitative estimate of drug-likeness (QED) is 0.636. The molecule has 1 unspecified atom stereocenters. The predicted molar refractivity (Wildman–Crippen MR) is 84.7 cm³/mol. The van der Waals surface area contributed by atoms with Crippen LogP contribution in [-0.2, 0) is 16.0 Å². The molecular formula is C16H25N3O2. The first kappa shape index (κ1) is 17.0. The lowest BCUT2D eigenvalue weighted by Gasteiger charge is -2.11. The van der Waals surface area contributed by atoms with Crippen molar-refractivity contribution in [1.82, 2.24) is 10.6 Å². The van der Waals surface area contributed by atoms with E-state index in [9.17, 15) is 9.59 Å². The van der Waals surface area contributed by atoms with Crippen molar-refractivity contribution in [3.8, 4) is 0 Å². The molecule has 5 heteroatoms. The maximum absolute atomic E-state index is 11.7. The molecule has 5 nitrogen and oxygen atoms in total. The Hall–Kier alpha value is -2.04. The number of nitrogens with one attached hydrogen (secondary N) is 2. The highest BCUT2D eigenvalue weighted by atomic mass is 16.2. The molecule has 1 aromatic rings. The molecule has 0 radical (unpaired) electrons. The summed E-state index contributed by atoms with van der Waals surface area (Å²) < 4.78 is 0. The van der Waals surface area contributed by atoms with Crippen molar-refractivity contribution in [3.63, 3.8) is 0 Å². The van der Waals surface area contributed by atoms with Crippen LogP contribution >= 0.6 is 0 Å². The standard InChI is InChI=1S/C16H25N3O2/c1-3-12(2)19-16(21)10-11-18-15(20)9-6-13-4-7-14(17)8-5-13/h4-5,7-8,12H,3,6,9-11,17H2,1-2H3,(H,18,20)(H,19,21). The van der Waals surface area contributed by atoms with Crippen LogP contribution in [0.25, 0.3) is 0 Å². The number of aryl methyl sites for hydroxylation is 1. The van der Waals surface area contributed by atoms with E-state index < -0.39 is 0 Å². The van der Waals surface area contributed by atoms with Gasteiger partial charge in [-0.25, -0.2) is 0 Å². The Morgan fingerprint density at radius 1 is 1.14 bits per heavy atom. The summed E-state index contributed by atoms with van der Waals surface area (Å²) in [4.78, 5) is 23.2. The van der Waals surface area contributed by atoms with Gasteiger partial charge in [-0.3, -0.25) is 9.59 Å². The zero-order valence-electron chi connectivity index (χ0n) is 12.8. The molecule has 1 rings (SSSR count). The topological polar surface area (TPSA) is 84.2 Å². The molecule has 21 heavy (non-hydrogen) atoms. The van der Waals surface area contributed by atoms with Gasteiger partial charge < -0.3 is 16.4 Å². The third kappa shape index (κ3) is 7.34. The predicted octanol–water partition coefficient (Wildman–Crippen LogP) is 1.62. The van der Waals surface area contributed by atoms with E-state index in [0.29, 0.717) is 25.8 Å². The van der Waals surface area contributed by atoms with Gasteiger partial charge in [0.15, 0.2) is 0 Å². The highest BCUT2D eigenvalue weighted by Gasteiger charge is 2.06. The Kier molecular flexibility index (Phi) is 7.29. The second-order valence-electron chi connectivity index (χ2n) is 5.22. The SMILES string of the molecule is CCC(C)NC(=O)CCNC(=O)CCc1ccc(N)cc1. The number of hydrogen-bond acceptors (Lipinski definition) is 3. The lowest BCUT2D eigenvalue weighted by atomic mass is 10.1. The summed E-state index contributed by atoms with van der Waals surface area (Å²) in [6, 6.07) is 7.67. The van der Waals surface area contributed by atoms with E-state index in [1.165, 1.54) is 0 Å². The van der Waals surface area contributed by atoms with Gasteiger partial charge >= 0.3 is 0 Å². The number of nitrogens with two attached hydrogens (primary N) is 1. The maximum Gasteiger partial charge on any atom is 0.221 e. The summed E-state index contributed by atoms with van der Waals surface area (Å²) in [6.45, 7) is 4.36. The van der Waals surface area contributed by atoms with E-state index >= 15 is 0 Å². The van der Waals surface area contributed by atoms with Gasteiger partial charge in [-0.05, 0) is 37.5 Å². The van der Waals surface area contributed by atoms with Crippen LogP contribution in [-0.4, -0.2) is 24.4 Å². The number of hydrogen-bond donors (Lipinski definition) is 3. The van der Waals surface area contributed by atoms with Gasteiger partial charge in [0.25, 0.3) is 0 Å². The van der Waals surface area contributed by atoms with Crippen molar-refractivity contribution < 1.29 is 9.59 Å². The van der Waals surface area contributed by atoms with Gasteiger partial charge in [0, 0.05) is 31.1 Å². The van der Waals surface area contributed by atoms with Gasteiger partial charge in [0.05, 0.1) is 0 Å². The zero-order valence-corrected chi connectivity index (χ0v) is 12.8. The van der Waals surface area contributed by atoms with Crippen LogP contribution < -0.4 is 16.4 Å². The van der Waals surface area contributed by atoms with Gasteiger partial charge in [-0.1, -0.05) is 19.1 Å². The first-order valence-electron chi connectivity index (χ1n) is 7.41. The zero-order chi connectivity index (χ0) is 15.7. The molecule has 0 bridgehead atoms. The molecule has 0 aliphatic rings. The fourth-order valence-corrected chi connectivity index (χ4v) is 1.80. The number of nitrogen functional groups attached to an aromatic ring is 1. The number of rotatable bonds is 8. The van der Waals surface area contributed by atoms with Gasteiger partial charge in [0.1, 0.15) is 0 Å². The highest BCUT2D eigenvalue weighted by Crippen LogP contribution is 2.07. The van der Waals surface area contributed by atoms with Crippen LogP contribution in [0.5, 0.6) is 0 Å². The first-order chi connectivity index (χ1) is 10.0. The Balaban J connectivity index is 2.16. The number of carbonyl (C=O) groups excluding carboxylic acids is 2. The molecule has 0 saturated carbocycles. The largest absolute Gasteiger partial charge is 0.399 e. The smallest absolute Gasteiger partial charge is 0.221 e. The van der Waals surface area contributed by atoms with E-state index in [-0.39, 0.29) is 17.9 Å². The van der Waals surface area contributed by atoms with Crippen LogP contribution in [0.1, 0.15) is 38.7 Å². The monoisotopic (exact) mass is 291 g/mol. The van der Waals surface area contributed by atoms with Crippen molar-refractivity contribution in [2.75, 3.05) is 12.3 Å². The summed E-state index contributed by atoms with van der Waals surface area (Å²) in [5.41, 5.74) is 7.40. The molecule has 1 aromatic carbocycles. The van der Waals surface area contributed by atoms with E-state index in [1.807, 2.05) is 38.1 Å². The van der Waals surface area contributed by atoms with E-state index in [1.54, 1.807) is 0 Å². The number of anilines is 1. The first-order valence-corrected chi connectivity index (χ1v) is 7.41. The fraction of sp³-hybridized carbons (Fsp3) is 0.500. The Bertz CT molecular complexity index is 457. The van der Waals surface area contributed by atoms with Crippen molar-refractivity contribution in [1.29, 1.82) is 0 Å². The number of amides is 2. The third-order valence-corrected chi connectivity index (χ3v) is 3.31. The molecule has 0 spiro atoms. The Morgan fingerprint density at radius 3 is 2.43 bits per heavy atom. The fourth-order valence-electron chi connectivity index (χ4n) is 1.80. The number of benzene rings is 1. The van der Waals surface area contributed by atoms with E-state index in [2.05, 4.69) is 10.6 Å². The summed E-state index contributed by atoms with van der Waals surface area (Å²) in [6.07, 6.45) is 2.31. The molecule has 0 aliphatic heterocycles. The minimum Gasteiger partial charge on any atom is -0.399 e. The molecular weight excluding hydrogens is 266 g/mol. The average molecular weight is 291 g/mol. The van der Waals surface area contributed by atoms with Crippen LogP contribution in [0.2, 0.25) is 0 Å². The molecule has 2 amide bonds. The molecule has 0 aromatic heterocycles. The summed E-state index contributed by atoms with van der Waals surface area (Å²) >= 11 is 0. The van der Waals surface area contributed by atoms with Gasteiger partial charge in [-0.2, -0.15) is 0 Å². The Morgan fingerprint density at radius 2 is 1.81 bits per heavy atom. The molecule has 0 heterocycles. The van der Waals surface area contributed by atoms with Gasteiger partial charge in [0.2, 0.25) is 11.8 Å². The second-order valence-corrected chi connectivity index (χ2v) is 5.22. The van der Waals surface area contributed by atoms with Crippen LogP contribution in [0, 0.1) is 0 Å². The minimum atomic E-state index is -0.0387. The molecule has 0 saturated heterocycles. The minimum absolute atomic E-state index is 0.0248. The lowest BCUT2D eigenvalue weighted by molar-refractivity contribution is -0.122. The average Bonchev–Trinajstić information content (AvgIpc) is 2.46. The normalized spacial score (nSPS) is 11.7. The summed E-state index contributed by atoms with van der Waals surface area (Å²) in [5.74, 6) is -0.0636. The second kappa shape index (κ2) is 9.00. The molecule has 1 atom stereocenters. The lowest BCUT2D eigenvalue weighted by Crippen LogP contribution is -2.35. The molecule has 0 aliphatic carbocycles. The van der Waals surface area contributed by atoms with Crippen LogP contribution in [0.4, 0.5) is 5.69 Å². The third-order valence-electron chi connectivity index (χ3n) is 3.31. The molecule has 0 fully saturated rings. The van der Waals surface area contributed by atoms with E-state index in [4.69, 9.17) is 5.73 Å². The van der Waals surface area contributed by atoms with Crippen molar-refractivity contribution in [2.24, 2.45) is 0 Å². The summed E-state index contributed by atoms with van der Waals surface area (Å²) in [7, 11) is 0.